The zero-order chi connectivity index (χ0) is 18.5. The third-order valence-corrected chi connectivity index (χ3v) is 3.60. The molecule has 3 rings (SSSR count). The first kappa shape index (κ1) is 17.5. The maximum Gasteiger partial charge on any atom is 0.274 e. The summed E-state index contributed by atoms with van der Waals surface area (Å²) in [6, 6.07) is 12.5. The summed E-state index contributed by atoms with van der Waals surface area (Å²) in [5, 5.41) is 5.52. The highest BCUT2D eigenvalue weighted by Gasteiger charge is 2.11. The zero-order valence-electron chi connectivity index (χ0n) is 14.0. The molecule has 0 atom stereocenters. The van der Waals surface area contributed by atoms with Crippen LogP contribution in [0.5, 0.6) is 0 Å². The first-order valence-corrected chi connectivity index (χ1v) is 7.90. The number of rotatable bonds is 5. The van der Waals surface area contributed by atoms with Crippen molar-refractivity contribution in [3.05, 3.63) is 83.2 Å². The molecular formula is C19H16F2N4O. The second kappa shape index (κ2) is 7.69. The average molecular weight is 354 g/mol. The van der Waals surface area contributed by atoms with Crippen molar-refractivity contribution in [2.45, 2.75) is 13.5 Å². The van der Waals surface area contributed by atoms with Crippen LogP contribution >= 0.6 is 0 Å². The molecule has 1 amide bonds. The van der Waals surface area contributed by atoms with Crippen LogP contribution in [0.2, 0.25) is 0 Å². The average Bonchev–Trinajstić information content (AvgIpc) is 2.63. The maximum absolute atomic E-state index is 13.2. The van der Waals surface area contributed by atoms with Gasteiger partial charge in [0.25, 0.3) is 5.91 Å². The predicted molar refractivity (Wildman–Crippen MR) is 94.8 cm³/mol. The normalized spacial score (nSPS) is 10.4. The second-order valence-corrected chi connectivity index (χ2v) is 5.69. The topological polar surface area (TPSA) is 66.9 Å². The molecule has 1 aromatic heterocycles. The number of halogens is 2. The van der Waals surface area contributed by atoms with Gasteiger partial charge in [-0.2, -0.15) is 0 Å². The van der Waals surface area contributed by atoms with Gasteiger partial charge in [-0.3, -0.25) is 4.79 Å². The lowest BCUT2D eigenvalue weighted by Gasteiger charge is -2.08. The molecule has 0 spiro atoms. The number of carbonyl (C=O) groups excluding carboxylic acids is 1. The Balaban J connectivity index is 1.67. The van der Waals surface area contributed by atoms with Crippen LogP contribution in [0.3, 0.4) is 0 Å². The van der Waals surface area contributed by atoms with Gasteiger partial charge in [-0.1, -0.05) is 29.8 Å². The van der Waals surface area contributed by atoms with Gasteiger partial charge < -0.3 is 10.6 Å². The first-order valence-electron chi connectivity index (χ1n) is 7.90. The van der Waals surface area contributed by atoms with E-state index in [2.05, 4.69) is 20.6 Å². The SMILES string of the molecule is Cc1cccc(CNc2nccc(C(=O)Nc3ccc(F)c(F)c3)n2)c1. The molecular weight excluding hydrogens is 338 g/mol. The van der Waals surface area contributed by atoms with E-state index in [-0.39, 0.29) is 11.4 Å². The van der Waals surface area contributed by atoms with Crippen molar-refractivity contribution in [1.82, 2.24) is 9.97 Å². The predicted octanol–water partition coefficient (Wildman–Crippen LogP) is 3.93. The second-order valence-electron chi connectivity index (χ2n) is 5.69. The summed E-state index contributed by atoms with van der Waals surface area (Å²) < 4.78 is 26.2. The van der Waals surface area contributed by atoms with E-state index in [9.17, 15) is 13.6 Å². The Bertz CT molecular complexity index is 946. The molecule has 7 heteroatoms. The van der Waals surface area contributed by atoms with Crippen LogP contribution in [0.15, 0.2) is 54.7 Å². The fourth-order valence-corrected chi connectivity index (χ4v) is 2.34. The van der Waals surface area contributed by atoms with Crippen molar-refractivity contribution in [2.24, 2.45) is 0 Å². The van der Waals surface area contributed by atoms with Crippen molar-refractivity contribution < 1.29 is 13.6 Å². The van der Waals surface area contributed by atoms with Crippen molar-refractivity contribution in [1.29, 1.82) is 0 Å². The molecule has 0 aliphatic heterocycles. The molecule has 0 saturated heterocycles. The molecule has 5 nitrogen and oxygen atoms in total. The minimum Gasteiger partial charge on any atom is -0.350 e. The Morgan fingerprint density at radius 2 is 1.92 bits per heavy atom. The van der Waals surface area contributed by atoms with Gasteiger partial charge in [0.1, 0.15) is 5.69 Å². The summed E-state index contributed by atoms with van der Waals surface area (Å²) in [6.45, 7) is 2.51. The van der Waals surface area contributed by atoms with Gasteiger partial charge in [0, 0.05) is 24.5 Å². The molecule has 26 heavy (non-hydrogen) atoms. The fraction of sp³-hybridized carbons (Fsp3) is 0.105. The van der Waals surface area contributed by atoms with Crippen LogP contribution in [0.25, 0.3) is 0 Å². The summed E-state index contributed by atoms with van der Waals surface area (Å²) in [6.07, 6.45) is 1.45. The highest BCUT2D eigenvalue weighted by Crippen LogP contribution is 2.14. The Morgan fingerprint density at radius 1 is 1.08 bits per heavy atom. The molecule has 0 saturated carbocycles. The van der Waals surface area contributed by atoms with Crippen LogP contribution in [0, 0.1) is 18.6 Å². The molecule has 1 heterocycles. The number of benzene rings is 2. The number of hydrogen-bond donors (Lipinski definition) is 2. The minimum atomic E-state index is -1.04. The van der Waals surface area contributed by atoms with Crippen molar-refractivity contribution in [3.8, 4) is 0 Å². The Hall–Kier alpha value is -3.35. The highest BCUT2D eigenvalue weighted by atomic mass is 19.2. The number of carbonyl (C=O) groups is 1. The lowest BCUT2D eigenvalue weighted by molar-refractivity contribution is 0.102. The lowest BCUT2D eigenvalue weighted by atomic mass is 10.1. The molecule has 0 bridgehead atoms. The summed E-state index contributed by atoms with van der Waals surface area (Å²) in [4.78, 5) is 20.5. The summed E-state index contributed by atoms with van der Waals surface area (Å²) in [7, 11) is 0. The quantitative estimate of drug-likeness (QED) is 0.729. The number of anilines is 2. The molecule has 0 aliphatic rings. The number of amides is 1. The van der Waals surface area contributed by atoms with Gasteiger partial charge >= 0.3 is 0 Å². The van der Waals surface area contributed by atoms with Gasteiger partial charge in [0.05, 0.1) is 0 Å². The van der Waals surface area contributed by atoms with E-state index in [1.807, 2.05) is 31.2 Å². The van der Waals surface area contributed by atoms with Gasteiger partial charge in [-0.15, -0.1) is 0 Å². The van der Waals surface area contributed by atoms with E-state index in [0.717, 1.165) is 23.3 Å². The van der Waals surface area contributed by atoms with E-state index in [1.165, 1.54) is 18.3 Å². The third kappa shape index (κ3) is 4.38. The van der Waals surface area contributed by atoms with E-state index >= 15 is 0 Å². The number of nitrogens with one attached hydrogen (secondary N) is 2. The Kier molecular flexibility index (Phi) is 5.17. The van der Waals surface area contributed by atoms with Crippen molar-refractivity contribution in [3.63, 3.8) is 0 Å². The molecule has 132 valence electrons. The molecule has 0 unspecified atom stereocenters. The number of nitrogens with zero attached hydrogens (tertiary/aromatic N) is 2. The van der Waals surface area contributed by atoms with Gasteiger partial charge in [0.15, 0.2) is 11.6 Å². The van der Waals surface area contributed by atoms with Gasteiger partial charge in [-0.25, -0.2) is 18.7 Å². The monoisotopic (exact) mass is 354 g/mol. The lowest BCUT2D eigenvalue weighted by Crippen LogP contribution is -2.15. The first-order chi connectivity index (χ1) is 12.5. The smallest absolute Gasteiger partial charge is 0.274 e. The van der Waals surface area contributed by atoms with Crippen LogP contribution in [0.1, 0.15) is 21.6 Å². The van der Waals surface area contributed by atoms with Crippen LogP contribution < -0.4 is 10.6 Å². The van der Waals surface area contributed by atoms with Crippen molar-refractivity contribution >= 4 is 17.5 Å². The molecule has 0 fully saturated rings. The largest absolute Gasteiger partial charge is 0.350 e. The highest BCUT2D eigenvalue weighted by molar-refractivity contribution is 6.02. The summed E-state index contributed by atoms with van der Waals surface area (Å²) >= 11 is 0. The Morgan fingerprint density at radius 3 is 2.69 bits per heavy atom. The number of aromatic nitrogens is 2. The zero-order valence-corrected chi connectivity index (χ0v) is 14.0. The van der Waals surface area contributed by atoms with Crippen LogP contribution in [-0.2, 0) is 6.54 Å². The van der Waals surface area contributed by atoms with E-state index in [1.54, 1.807) is 0 Å². The van der Waals surface area contributed by atoms with Gasteiger partial charge in [0.2, 0.25) is 5.95 Å². The molecule has 3 aromatic rings. The van der Waals surface area contributed by atoms with E-state index in [4.69, 9.17) is 0 Å². The van der Waals surface area contributed by atoms with E-state index in [0.29, 0.717) is 12.5 Å². The van der Waals surface area contributed by atoms with E-state index < -0.39 is 17.5 Å². The van der Waals surface area contributed by atoms with Gasteiger partial charge in [-0.05, 0) is 30.7 Å². The number of aryl methyl sites for hydroxylation is 1. The van der Waals surface area contributed by atoms with Crippen LogP contribution in [-0.4, -0.2) is 15.9 Å². The molecule has 0 aliphatic carbocycles. The third-order valence-electron chi connectivity index (χ3n) is 3.60. The fourth-order valence-electron chi connectivity index (χ4n) is 2.34. The minimum absolute atomic E-state index is 0.108. The molecule has 0 radical (unpaired) electrons. The summed E-state index contributed by atoms with van der Waals surface area (Å²) in [5.41, 5.74) is 2.45. The summed E-state index contributed by atoms with van der Waals surface area (Å²) in [5.74, 6) is -2.26. The van der Waals surface area contributed by atoms with Crippen molar-refractivity contribution in [2.75, 3.05) is 10.6 Å². The maximum atomic E-state index is 13.2. The standard InChI is InChI=1S/C19H16F2N4O/c1-12-3-2-4-13(9-12)11-23-19-22-8-7-17(25-19)18(26)24-14-5-6-15(20)16(21)10-14/h2-10H,11H2,1H3,(H,24,26)(H,22,23,25). The van der Waals surface area contributed by atoms with Crippen LogP contribution in [0.4, 0.5) is 20.4 Å². The molecule has 2 N–H and O–H groups in total. The number of hydrogen-bond acceptors (Lipinski definition) is 4. The molecule has 2 aromatic carbocycles. The Labute approximate surface area is 149 Å².